The van der Waals surface area contributed by atoms with E-state index in [1.807, 2.05) is 0 Å². The summed E-state index contributed by atoms with van der Waals surface area (Å²) in [5.41, 5.74) is 4.20. The van der Waals surface area contributed by atoms with E-state index in [4.69, 9.17) is 5.84 Å². The average Bonchev–Trinajstić information content (AvgIpc) is 2.99. The first-order valence-corrected chi connectivity index (χ1v) is 7.48. The molecule has 0 radical (unpaired) electrons. The highest BCUT2D eigenvalue weighted by Gasteiger charge is 2.17. The topological polar surface area (TPSA) is 38.0 Å². The maximum Gasteiger partial charge on any atom is 0.0816 e. The van der Waals surface area contributed by atoms with Gasteiger partial charge in [-0.15, -0.1) is 22.7 Å². The lowest BCUT2D eigenvalue weighted by Gasteiger charge is -2.15. The van der Waals surface area contributed by atoms with Crippen molar-refractivity contribution in [2.45, 2.75) is 13.0 Å². The van der Waals surface area contributed by atoms with E-state index < -0.39 is 0 Å². The summed E-state index contributed by atoms with van der Waals surface area (Å²) in [4.78, 5) is 2.57. The second kappa shape index (κ2) is 4.82. The molecule has 0 spiro atoms. The molecule has 3 aromatic rings. The Bertz CT molecular complexity index is 669. The fraction of sp³-hybridized carbons (Fsp3) is 0.143. The van der Waals surface area contributed by atoms with Crippen LogP contribution in [0.4, 0.5) is 0 Å². The predicted molar refractivity (Wildman–Crippen MR) is 80.0 cm³/mol. The van der Waals surface area contributed by atoms with Crippen molar-refractivity contribution in [3.63, 3.8) is 0 Å². The van der Waals surface area contributed by atoms with Gasteiger partial charge in [0.2, 0.25) is 0 Å². The van der Waals surface area contributed by atoms with E-state index in [0.717, 1.165) is 0 Å². The second-order valence-electron chi connectivity index (χ2n) is 4.23. The molecule has 92 valence electrons. The molecule has 0 saturated heterocycles. The minimum Gasteiger partial charge on any atom is -0.271 e. The third-order valence-electron chi connectivity index (χ3n) is 3.03. The number of fused-ring (bicyclic) bond motifs is 1. The molecular formula is C14H14N2S2. The maximum atomic E-state index is 5.77. The Morgan fingerprint density at radius 1 is 1.17 bits per heavy atom. The Morgan fingerprint density at radius 3 is 2.78 bits per heavy atom. The maximum absolute atomic E-state index is 5.77. The number of nitrogens with one attached hydrogen (secondary N) is 1. The summed E-state index contributed by atoms with van der Waals surface area (Å²) >= 11 is 3.56. The number of hydrazine groups is 1. The Balaban J connectivity index is 2.14. The molecule has 1 atom stereocenters. The SMILES string of the molecule is Cc1ccc(C(NN)c2cccc3ccsc23)s1. The molecule has 18 heavy (non-hydrogen) atoms. The van der Waals surface area contributed by atoms with Crippen LogP contribution in [-0.2, 0) is 0 Å². The first-order chi connectivity index (χ1) is 8.79. The summed E-state index contributed by atoms with van der Waals surface area (Å²) < 4.78 is 1.31. The van der Waals surface area contributed by atoms with Crippen LogP contribution in [0.5, 0.6) is 0 Å². The van der Waals surface area contributed by atoms with Crippen molar-refractivity contribution >= 4 is 32.8 Å². The molecule has 2 aromatic heterocycles. The van der Waals surface area contributed by atoms with Crippen LogP contribution in [0.3, 0.4) is 0 Å². The molecule has 4 heteroatoms. The van der Waals surface area contributed by atoms with Crippen molar-refractivity contribution in [2.24, 2.45) is 5.84 Å². The number of rotatable bonds is 3. The summed E-state index contributed by atoms with van der Waals surface area (Å²) in [5.74, 6) is 5.77. The summed E-state index contributed by atoms with van der Waals surface area (Å²) in [7, 11) is 0. The largest absolute Gasteiger partial charge is 0.271 e. The Hall–Kier alpha value is -1.20. The van der Waals surface area contributed by atoms with Crippen LogP contribution in [-0.4, -0.2) is 0 Å². The number of hydrogen-bond acceptors (Lipinski definition) is 4. The van der Waals surface area contributed by atoms with Gasteiger partial charge in [0.15, 0.2) is 0 Å². The standard InChI is InChI=1S/C14H14N2S2/c1-9-5-6-12(18-9)13(16-15)11-4-2-3-10-7-8-17-14(10)11/h2-8,13,16H,15H2,1H3. The van der Waals surface area contributed by atoms with Crippen LogP contribution in [0.25, 0.3) is 10.1 Å². The molecule has 3 N–H and O–H groups in total. The number of aryl methyl sites for hydroxylation is 1. The highest BCUT2D eigenvalue weighted by Crippen LogP contribution is 2.34. The predicted octanol–water partition coefficient (Wildman–Crippen LogP) is 3.82. The second-order valence-corrected chi connectivity index (χ2v) is 6.47. The first-order valence-electron chi connectivity index (χ1n) is 5.78. The van der Waals surface area contributed by atoms with Gasteiger partial charge in [-0.05, 0) is 41.5 Å². The lowest BCUT2D eigenvalue weighted by molar-refractivity contribution is 0.651. The lowest BCUT2D eigenvalue weighted by atomic mass is 10.0. The molecule has 2 heterocycles. The number of hydrogen-bond donors (Lipinski definition) is 2. The van der Waals surface area contributed by atoms with Crippen molar-refractivity contribution < 1.29 is 0 Å². The van der Waals surface area contributed by atoms with Gasteiger partial charge < -0.3 is 0 Å². The molecule has 0 bridgehead atoms. The van der Waals surface area contributed by atoms with Gasteiger partial charge >= 0.3 is 0 Å². The molecule has 3 rings (SSSR count). The van der Waals surface area contributed by atoms with Crippen LogP contribution in [0.15, 0.2) is 41.8 Å². The Morgan fingerprint density at radius 2 is 2.06 bits per heavy atom. The van der Waals surface area contributed by atoms with E-state index in [0.29, 0.717) is 0 Å². The first kappa shape index (κ1) is 11.9. The van der Waals surface area contributed by atoms with Gasteiger partial charge in [-0.2, -0.15) is 0 Å². The van der Waals surface area contributed by atoms with Gasteiger partial charge in [-0.25, -0.2) is 5.43 Å². The summed E-state index contributed by atoms with van der Waals surface area (Å²) in [6.45, 7) is 2.12. The Kier molecular flexibility index (Phi) is 3.18. The zero-order valence-electron chi connectivity index (χ0n) is 10.0. The molecule has 0 saturated carbocycles. The lowest BCUT2D eigenvalue weighted by Crippen LogP contribution is -2.28. The quantitative estimate of drug-likeness (QED) is 0.563. The number of benzene rings is 1. The van der Waals surface area contributed by atoms with E-state index in [9.17, 15) is 0 Å². The Labute approximate surface area is 114 Å². The van der Waals surface area contributed by atoms with Gasteiger partial charge in [0.05, 0.1) is 6.04 Å². The van der Waals surface area contributed by atoms with E-state index in [2.05, 4.69) is 54.1 Å². The number of thiophene rings is 2. The van der Waals surface area contributed by atoms with Crippen LogP contribution >= 0.6 is 22.7 Å². The van der Waals surface area contributed by atoms with E-state index >= 15 is 0 Å². The average molecular weight is 274 g/mol. The van der Waals surface area contributed by atoms with Gasteiger partial charge in [0, 0.05) is 14.5 Å². The molecular weight excluding hydrogens is 260 g/mol. The normalized spacial score (nSPS) is 13.0. The fourth-order valence-electron chi connectivity index (χ4n) is 2.18. The van der Waals surface area contributed by atoms with Crippen LogP contribution in [0, 0.1) is 6.92 Å². The fourth-order valence-corrected chi connectivity index (χ4v) is 4.08. The van der Waals surface area contributed by atoms with E-state index in [1.54, 1.807) is 22.7 Å². The molecule has 0 aliphatic rings. The van der Waals surface area contributed by atoms with Gasteiger partial charge in [0.25, 0.3) is 0 Å². The van der Waals surface area contributed by atoms with Crippen molar-refractivity contribution in [3.8, 4) is 0 Å². The smallest absolute Gasteiger partial charge is 0.0816 e. The van der Waals surface area contributed by atoms with Crippen molar-refractivity contribution in [3.05, 3.63) is 57.1 Å². The summed E-state index contributed by atoms with van der Waals surface area (Å²) in [6.07, 6.45) is 0. The molecule has 1 aromatic carbocycles. The minimum absolute atomic E-state index is 0.0750. The van der Waals surface area contributed by atoms with Crippen molar-refractivity contribution in [1.29, 1.82) is 0 Å². The monoisotopic (exact) mass is 274 g/mol. The van der Waals surface area contributed by atoms with Crippen LogP contribution in [0.1, 0.15) is 21.4 Å². The zero-order valence-corrected chi connectivity index (χ0v) is 11.6. The third-order valence-corrected chi connectivity index (χ3v) is 5.08. The third kappa shape index (κ3) is 1.97. The zero-order chi connectivity index (χ0) is 12.5. The molecule has 1 unspecified atom stereocenters. The van der Waals surface area contributed by atoms with Gasteiger partial charge in [0.1, 0.15) is 0 Å². The molecule has 0 fully saturated rings. The molecule has 0 aliphatic heterocycles. The van der Waals surface area contributed by atoms with Crippen molar-refractivity contribution in [1.82, 2.24) is 5.43 Å². The van der Waals surface area contributed by atoms with Crippen LogP contribution < -0.4 is 11.3 Å². The molecule has 0 aliphatic carbocycles. The summed E-state index contributed by atoms with van der Waals surface area (Å²) in [6, 6.07) is 12.9. The highest BCUT2D eigenvalue weighted by molar-refractivity contribution is 7.17. The van der Waals surface area contributed by atoms with Crippen molar-refractivity contribution in [2.75, 3.05) is 0 Å². The van der Waals surface area contributed by atoms with Gasteiger partial charge in [-0.3, -0.25) is 5.84 Å². The molecule has 2 nitrogen and oxygen atoms in total. The van der Waals surface area contributed by atoms with E-state index in [1.165, 1.54) is 25.4 Å². The minimum atomic E-state index is 0.0750. The van der Waals surface area contributed by atoms with Gasteiger partial charge in [-0.1, -0.05) is 18.2 Å². The van der Waals surface area contributed by atoms with E-state index in [-0.39, 0.29) is 6.04 Å². The number of nitrogens with two attached hydrogens (primary N) is 1. The van der Waals surface area contributed by atoms with Crippen LogP contribution in [0.2, 0.25) is 0 Å². The molecule has 0 amide bonds. The highest BCUT2D eigenvalue weighted by atomic mass is 32.1. The summed E-state index contributed by atoms with van der Waals surface area (Å²) in [5, 5.41) is 3.41.